The summed E-state index contributed by atoms with van der Waals surface area (Å²) in [5.74, 6) is -0.0387. The summed E-state index contributed by atoms with van der Waals surface area (Å²) in [4.78, 5) is 3.71. The van der Waals surface area contributed by atoms with Crippen LogP contribution in [0.1, 0.15) is 0 Å². The van der Waals surface area contributed by atoms with Crippen molar-refractivity contribution in [1.82, 2.24) is 4.98 Å². The fourth-order valence-electron chi connectivity index (χ4n) is 1.40. The fourth-order valence-corrected chi connectivity index (χ4v) is 3.84. The van der Waals surface area contributed by atoms with Gasteiger partial charge in [0.25, 0.3) is 10.0 Å². The van der Waals surface area contributed by atoms with E-state index >= 15 is 0 Å². The number of nitrogens with one attached hydrogen (secondary N) is 1. The number of hydrogen-bond acceptors (Lipinski definition) is 4. The first-order valence-corrected chi connectivity index (χ1v) is 8.15. The van der Waals surface area contributed by atoms with Crippen LogP contribution in [0.4, 0.5) is 11.5 Å². The first kappa shape index (κ1) is 14.3. The summed E-state index contributed by atoms with van der Waals surface area (Å²) < 4.78 is 28.3. The maximum Gasteiger partial charge on any atom is 0.265 e. The maximum atomic E-state index is 12.2. The third-order valence-electron chi connectivity index (χ3n) is 2.26. The molecule has 8 heteroatoms. The van der Waals surface area contributed by atoms with Gasteiger partial charge in [0.1, 0.15) is 10.7 Å². The minimum atomic E-state index is -3.76. The van der Waals surface area contributed by atoms with Crippen molar-refractivity contribution >= 4 is 53.4 Å². The second kappa shape index (κ2) is 5.48. The van der Waals surface area contributed by atoms with Gasteiger partial charge in [0.05, 0.1) is 5.69 Å². The number of sulfonamides is 1. The second-order valence-electron chi connectivity index (χ2n) is 3.62. The average molecular weight is 407 g/mol. The van der Waals surface area contributed by atoms with Crippen LogP contribution in [-0.4, -0.2) is 13.4 Å². The van der Waals surface area contributed by atoms with E-state index in [9.17, 15) is 8.42 Å². The fraction of sp³-hybridized carbons (Fsp3) is 0. The van der Waals surface area contributed by atoms with Crippen LogP contribution in [-0.2, 0) is 10.0 Å². The third kappa shape index (κ3) is 3.26. The molecule has 0 amide bonds. The number of nitrogens with two attached hydrogens (primary N) is 1. The Balaban J connectivity index is 2.40. The number of nitrogens with zero attached hydrogens (tertiary/aromatic N) is 1. The lowest BCUT2D eigenvalue weighted by molar-refractivity contribution is 0.601. The van der Waals surface area contributed by atoms with Crippen LogP contribution in [0.5, 0.6) is 0 Å². The van der Waals surface area contributed by atoms with E-state index in [-0.39, 0.29) is 10.7 Å². The van der Waals surface area contributed by atoms with Crippen molar-refractivity contribution in [2.75, 3.05) is 10.5 Å². The van der Waals surface area contributed by atoms with Crippen LogP contribution in [0.15, 0.2) is 50.4 Å². The lowest BCUT2D eigenvalue weighted by Gasteiger charge is -2.11. The Bertz CT molecular complexity index is 720. The number of rotatable bonds is 3. The molecule has 0 saturated heterocycles. The van der Waals surface area contributed by atoms with Gasteiger partial charge in [-0.3, -0.25) is 4.72 Å². The molecular weight excluding hydrogens is 398 g/mol. The van der Waals surface area contributed by atoms with Gasteiger partial charge in [-0.05, 0) is 46.3 Å². The second-order valence-corrected chi connectivity index (χ2v) is 7.04. The molecule has 0 aliphatic carbocycles. The van der Waals surface area contributed by atoms with Crippen LogP contribution >= 0.6 is 31.9 Å². The average Bonchev–Trinajstić information content (AvgIpc) is 2.33. The first-order chi connectivity index (χ1) is 8.90. The van der Waals surface area contributed by atoms with Crippen molar-refractivity contribution in [3.05, 3.63) is 45.5 Å². The van der Waals surface area contributed by atoms with E-state index in [0.29, 0.717) is 10.2 Å². The van der Waals surface area contributed by atoms with E-state index in [0.717, 1.165) is 4.47 Å². The first-order valence-electron chi connectivity index (χ1n) is 5.08. The van der Waals surface area contributed by atoms with Gasteiger partial charge in [0, 0.05) is 15.1 Å². The quantitative estimate of drug-likeness (QED) is 0.820. The topological polar surface area (TPSA) is 85.1 Å². The predicted molar refractivity (Wildman–Crippen MR) is 81.3 cm³/mol. The summed E-state index contributed by atoms with van der Waals surface area (Å²) >= 11 is 6.58. The summed E-state index contributed by atoms with van der Waals surface area (Å²) in [6, 6.07) is 8.02. The number of nitrogen functional groups attached to an aromatic ring is 1. The van der Waals surface area contributed by atoms with E-state index < -0.39 is 10.0 Å². The molecule has 19 heavy (non-hydrogen) atoms. The standard InChI is InChI=1S/C11H9Br2N3O2S/c12-7-3-4-9(8(13)6-7)16-19(17,18)10-2-1-5-15-11(10)14/h1-6,16H,(H2,14,15). The summed E-state index contributed by atoms with van der Waals surface area (Å²) in [5, 5.41) is 0. The molecular formula is C11H9Br2N3O2S. The molecule has 0 atom stereocenters. The maximum absolute atomic E-state index is 12.2. The van der Waals surface area contributed by atoms with Crippen molar-refractivity contribution in [1.29, 1.82) is 0 Å². The Labute approximate surface area is 127 Å². The molecule has 0 aliphatic rings. The Morgan fingerprint density at radius 3 is 2.58 bits per heavy atom. The van der Waals surface area contributed by atoms with Crippen LogP contribution < -0.4 is 10.5 Å². The molecule has 3 N–H and O–H groups in total. The highest BCUT2D eigenvalue weighted by atomic mass is 79.9. The molecule has 1 aromatic carbocycles. The van der Waals surface area contributed by atoms with Gasteiger partial charge >= 0.3 is 0 Å². The Kier molecular flexibility index (Phi) is 4.12. The van der Waals surface area contributed by atoms with E-state index in [2.05, 4.69) is 41.6 Å². The largest absolute Gasteiger partial charge is 0.383 e. The lowest BCUT2D eigenvalue weighted by Crippen LogP contribution is -2.15. The number of halogens is 2. The monoisotopic (exact) mass is 405 g/mol. The van der Waals surface area contributed by atoms with Crippen LogP contribution in [0, 0.1) is 0 Å². The Morgan fingerprint density at radius 1 is 1.21 bits per heavy atom. The number of pyridine rings is 1. The minimum Gasteiger partial charge on any atom is -0.383 e. The zero-order valence-electron chi connectivity index (χ0n) is 9.47. The zero-order chi connectivity index (χ0) is 14.0. The summed E-state index contributed by atoms with van der Waals surface area (Å²) in [7, 11) is -3.76. The molecule has 0 spiro atoms. The van der Waals surface area contributed by atoms with Crippen molar-refractivity contribution < 1.29 is 8.42 Å². The predicted octanol–water partition coefficient (Wildman–Crippen LogP) is 2.99. The van der Waals surface area contributed by atoms with Gasteiger partial charge in [-0.1, -0.05) is 15.9 Å². The number of hydrogen-bond donors (Lipinski definition) is 2. The molecule has 2 rings (SSSR count). The summed E-state index contributed by atoms with van der Waals surface area (Å²) in [5.41, 5.74) is 6.00. The number of anilines is 2. The molecule has 5 nitrogen and oxygen atoms in total. The van der Waals surface area contributed by atoms with Crippen LogP contribution in [0.2, 0.25) is 0 Å². The molecule has 1 heterocycles. The minimum absolute atomic E-state index is 0.0387. The smallest absolute Gasteiger partial charge is 0.265 e. The SMILES string of the molecule is Nc1ncccc1S(=O)(=O)Nc1ccc(Br)cc1Br. The van der Waals surface area contributed by atoms with Gasteiger partial charge < -0.3 is 5.73 Å². The van der Waals surface area contributed by atoms with E-state index in [1.54, 1.807) is 18.2 Å². The van der Waals surface area contributed by atoms with Crippen molar-refractivity contribution in [3.63, 3.8) is 0 Å². The highest BCUT2D eigenvalue weighted by molar-refractivity contribution is 9.11. The van der Waals surface area contributed by atoms with Crippen molar-refractivity contribution in [2.45, 2.75) is 4.90 Å². The zero-order valence-corrected chi connectivity index (χ0v) is 13.5. The normalized spacial score (nSPS) is 11.3. The van der Waals surface area contributed by atoms with Crippen molar-refractivity contribution in [3.8, 4) is 0 Å². The van der Waals surface area contributed by atoms with E-state index in [1.165, 1.54) is 18.3 Å². The van der Waals surface area contributed by atoms with Crippen LogP contribution in [0.3, 0.4) is 0 Å². The summed E-state index contributed by atoms with van der Waals surface area (Å²) in [6.07, 6.45) is 1.43. The highest BCUT2D eigenvalue weighted by Gasteiger charge is 2.19. The van der Waals surface area contributed by atoms with Gasteiger partial charge in [0.15, 0.2) is 0 Å². The highest BCUT2D eigenvalue weighted by Crippen LogP contribution is 2.28. The molecule has 100 valence electrons. The molecule has 0 saturated carbocycles. The van der Waals surface area contributed by atoms with E-state index in [4.69, 9.17) is 5.73 Å². The molecule has 0 radical (unpaired) electrons. The number of benzene rings is 1. The Morgan fingerprint density at radius 2 is 1.95 bits per heavy atom. The molecule has 0 bridgehead atoms. The molecule has 0 fully saturated rings. The van der Waals surface area contributed by atoms with Gasteiger partial charge in [-0.15, -0.1) is 0 Å². The van der Waals surface area contributed by atoms with Gasteiger partial charge in [-0.25, -0.2) is 13.4 Å². The van der Waals surface area contributed by atoms with Gasteiger partial charge in [0.2, 0.25) is 0 Å². The van der Waals surface area contributed by atoms with Crippen molar-refractivity contribution in [2.24, 2.45) is 0 Å². The lowest BCUT2D eigenvalue weighted by atomic mass is 10.3. The molecule has 1 aromatic heterocycles. The van der Waals surface area contributed by atoms with Gasteiger partial charge in [-0.2, -0.15) is 0 Å². The van der Waals surface area contributed by atoms with Crippen LogP contribution in [0.25, 0.3) is 0 Å². The third-order valence-corrected chi connectivity index (χ3v) is 4.83. The molecule has 2 aromatic rings. The molecule has 0 unspecified atom stereocenters. The summed E-state index contributed by atoms with van der Waals surface area (Å²) in [6.45, 7) is 0. The number of aromatic nitrogens is 1. The van der Waals surface area contributed by atoms with E-state index in [1.807, 2.05) is 0 Å². The Hall–Kier alpha value is -1.12. The molecule has 0 aliphatic heterocycles.